The van der Waals surface area contributed by atoms with E-state index in [0.717, 1.165) is 0 Å². The lowest BCUT2D eigenvalue weighted by Gasteiger charge is -2.42. The van der Waals surface area contributed by atoms with E-state index in [1.807, 2.05) is 0 Å². The lowest BCUT2D eigenvalue weighted by Crippen LogP contribution is -2.59. The summed E-state index contributed by atoms with van der Waals surface area (Å²) in [5.74, 6) is -1.25. The molecule has 11 heteroatoms. The summed E-state index contributed by atoms with van der Waals surface area (Å²) in [6.45, 7) is 0.390. The first-order valence-electron chi connectivity index (χ1n) is 9.82. The van der Waals surface area contributed by atoms with E-state index in [9.17, 15) is 35.4 Å². The van der Waals surface area contributed by atoms with Crippen LogP contribution in [0.25, 0.3) is 0 Å². The van der Waals surface area contributed by atoms with Crippen molar-refractivity contribution in [2.75, 3.05) is 13.2 Å². The van der Waals surface area contributed by atoms with Gasteiger partial charge < -0.3 is 50.0 Å². The number of carbonyl (C=O) groups is 1. The van der Waals surface area contributed by atoms with Crippen LogP contribution in [0.1, 0.15) is 32.6 Å². The third-order valence-electron chi connectivity index (χ3n) is 5.54. The Morgan fingerprint density at radius 1 is 0.828 bits per heavy atom. The number of aliphatic hydroxyl groups is 6. The molecule has 0 saturated carbocycles. The van der Waals surface area contributed by atoms with Gasteiger partial charge in [0, 0.05) is 0 Å². The summed E-state index contributed by atoms with van der Waals surface area (Å²) in [5.41, 5.74) is 0. The summed E-state index contributed by atoms with van der Waals surface area (Å²) in [6, 6.07) is 0. The van der Waals surface area contributed by atoms with Crippen LogP contribution in [0.15, 0.2) is 0 Å². The molecule has 0 aliphatic carbocycles. The summed E-state index contributed by atoms with van der Waals surface area (Å²) in [7, 11) is 0. The summed E-state index contributed by atoms with van der Waals surface area (Å²) in [5, 5.41) is 68.2. The highest BCUT2D eigenvalue weighted by atomic mass is 16.6. The van der Waals surface area contributed by atoms with Gasteiger partial charge in [-0.2, -0.15) is 0 Å². The molecule has 0 radical (unpaired) electrons. The molecule has 7 N–H and O–H groups in total. The molecule has 11 nitrogen and oxygen atoms in total. The first-order valence-corrected chi connectivity index (χ1v) is 9.82. The number of hydrogen-bond acceptors (Lipinski definition) is 10. The quantitative estimate of drug-likeness (QED) is 0.192. The van der Waals surface area contributed by atoms with Gasteiger partial charge in [-0.1, -0.05) is 12.8 Å². The number of rotatable bonds is 9. The predicted octanol–water partition coefficient (Wildman–Crippen LogP) is -2.63. The molecule has 2 rings (SSSR count). The molecule has 2 aliphatic heterocycles. The molecule has 0 bridgehead atoms. The summed E-state index contributed by atoms with van der Waals surface area (Å²) >= 11 is 0. The molecular weight excluding hydrogens is 392 g/mol. The Labute approximate surface area is 168 Å². The van der Waals surface area contributed by atoms with Gasteiger partial charge in [-0.15, -0.1) is 0 Å². The maximum absolute atomic E-state index is 10.7. The molecule has 10 atom stereocenters. The second kappa shape index (κ2) is 10.9. The molecule has 0 aromatic heterocycles. The van der Waals surface area contributed by atoms with Gasteiger partial charge in [0.2, 0.25) is 0 Å². The molecule has 0 spiro atoms. The minimum atomic E-state index is -1.37. The van der Waals surface area contributed by atoms with Gasteiger partial charge in [-0.25, -0.2) is 4.79 Å². The van der Waals surface area contributed by atoms with E-state index in [-0.39, 0.29) is 0 Å². The van der Waals surface area contributed by atoms with Gasteiger partial charge in [-0.05, 0) is 19.8 Å². The van der Waals surface area contributed by atoms with Crippen LogP contribution in [0.2, 0.25) is 0 Å². The minimum absolute atomic E-state index is 0.334. The highest BCUT2D eigenvalue weighted by Crippen LogP contribution is 2.28. The van der Waals surface area contributed by atoms with Crippen molar-refractivity contribution in [1.29, 1.82) is 0 Å². The number of carboxylic acid groups (broad SMARTS) is 1. The Balaban J connectivity index is 1.84. The standard InChI is InChI=1S/C18H32O11/c1-8-13(22)17(26)14(23)9(28-8)4-2-3-5-10-15(24)18(27-7-12(20)21)16(25)11(6-19)29-10/h8-11,13-19,22-26H,2-7H2,1H3,(H,20,21)/t8-,9?,10?,11+,13+,14+,15-,16-,17?,18+/m0/s1. The van der Waals surface area contributed by atoms with Gasteiger partial charge in [0.25, 0.3) is 0 Å². The van der Waals surface area contributed by atoms with Crippen LogP contribution in [0.3, 0.4) is 0 Å². The normalized spacial score (nSPS) is 43.3. The summed E-state index contributed by atoms with van der Waals surface area (Å²) in [4.78, 5) is 10.7. The van der Waals surface area contributed by atoms with Crippen LogP contribution < -0.4 is 0 Å². The monoisotopic (exact) mass is 424 g/mol. The number of ether oxygens (including phenoxy) is 3. The summed E-state index contributed by atoms with van der Waals surface area (Å²) < 4.78 is 16.1. The number of unbranched alkanes of at least 4 members (excludes halogenated alkanes) is 1. The number of carboxylic acids is 1. The maximum atomic E-state index is 10.7. The van der Waals surface area contributed by atoms with Gasteiger partial charge in [0.1, 0.15) is 49.3 Å². The average Bonchev–Trinajstić information content (AvgIpc) is 2.68. The molecule has 2 fully saturated rings. The van der Waals surface area contributed by atoms with Gasteiger partial charge in [0.05, 0.1) is 24.9 Å². The van der Waals surface area contributed by atoms with E-state index in [1.165, 1.54) is 0 Å². The van der Waals surface area contributed by atoms with Gasteiger partial charge in [-0.3, -0.25) is 0 Å². The molecule has 0 aromatic carbocycles. The third-order valence-corrected chi connectivity index (χ3v) is 5.54. The van der Waals surface area contributed by atoms with Gasteiger partial charge >= 0.3 is 5.97 Å². The Bertz CT molecular complexity index is 518. The zero-order chi connectivity index (χ0) is 21.7. The highest BCUT2D eigenvalue weighted by Gasteiger charge is 2.45. The van der Waals surface area contributed by atoms with E-state index in [4.69, 9.17) is 19.3 Å². The molecule has 2 saturated heterocycles. The van der Waals surface area contributed by atoms with Crippen molar-refractivity contribution < 1.29 is 54.8 Å². The molecule has 3 unspecified atom stereocenters. The first-order chi connectivity index (χ1) is 13.7. The van der Waals surface area contributed by atoms with Crippen LogP contribution >= 0.6 is 0 Å². The maximum Gasteiger partial charge on any atom is 0.329 e. The Morgan fingerprint density at radius 3 is 1.93 bits per heavy atom. The van der Waals surface area contributed by atoms with E-state index in [0.29, 0.717) is 25.7 Å². The first kappa shape index (κ1) is 24.4. The molecule has 2 heterocycles. The van der Waals surface area contributed by atoms with E-state index in [1.54, 1.807) is 6.92 Å². The lowest BCUT2D eigenvalue weighted by atomic mass is 9.90. The third kappa shape index (κ3) is 6.06. The van der Waals surface area contributed by atoms with E-state index >= 15 is 0 Å². The zero-order valence-electron chi connectivity index (χ0n) is 16.3. The Hall–Kier alpha value is -0.890. The van der Waals surface area contributed by atoms with Crippen molar-refractivity contribution in [2.24, 2.45) is 0 Å². The number of aliphatic carboxylic acids is 1. The Kier molecular flexibility index (Phi) is 9.19. The molecular formula is C18H32O11. The smallest absolute Gasteiger partial charge is 0.329 e. The fourth-order valence-corrected chi connectivity index (χ4v) is 3.83. The van der Waals surface area contributed by atoms with Crippen molar-refractivity contribution in [1.82, 2.24) is 0 Å². The van der Waals surface area contributed by atoms with Crippen molar-refractivity contribution in [3.8, 4) is 0 Å². The highest BCUT2D eigenvalue weighted by molar-refractivity contribution is 5.68. The van der Waals surface area contributed by atoms with Crippen molar-refractivity contribution in [3.63, 3.8) is 0 Å². The predicted molar refractivity (Wildman–Crippen MR) is 96.0 cm³/mol. The largest absolute Gasteiger partial charge is 0.480 e. The molecule has 2 aliphatic rings. The number of hydrogen-bond donors (Lipinski definition) is 7. The van der Waals surface area contributed by atoms with Crippen molar-refractivity contribution >= 4 is 5.97 Å². The molecule has 29 heavy (non-hydrogen) atoms. The van der Waals surface area contributed by atoms with Crippen LogP contribution in [-0.2, 0) is 19.0 Å². The second-order valence-corrected chi connectivity index (χ2v) is 7.68. The topological polar surface area (TPSA) is 186 Å². The average molecular weight is 424 g/mol. The van der Waals surface area contributed by atoms with Crippen LogP contribution in [0.5, 0.6) is 0 Å². The minimum Gasteiger partial charge on any atom is -0.480 e. The van der Waals surface area contributed by atoms with Crippen LogP contribution in [0.4, 0.5) is 0 Å². The molecule has 170 valence electrons. The molecule has 0 aromatic rings. The number of aliphatic hydroxyl groups excluding tert-OH is 6. The Morgan fingerprint density at radius 2 is 1.38 bits per heavy atom. The van der Waals surface area contributed by atoms with Crippen molar-refractivity contribution in [3.05, 3.63) is 0 Å². The lowest BCUT2D eigenvalue weighted by molar-refractivity contribution is -0.243. The fourth-order valence-electron chi connectivity index (χ4n) is 3.83. The van der Waals surface area contributed by atoms with E-state index in [2.05, 4.69) is 0 Å². The zero-order valence-corrected chi connectivity index (χ0v) is 16.3. The summed E-state index contributed by atoms with van der Waals surface area (Å²) in [6.07, 6.45) is -8.72. The van der Waals surface area contributed by atoms with Crippen LogP contribution in [-0.4, -0.2) is 116 Å². The van der Waals surface area contributed by atoms with Crippen molar-refractivity contribution in [2.45, 2.75) is 93.6 Å². The SMILES string of the molecule is C[C@@H]1OC(CCCCC2O[C@H](CO)[C@H](O)[C@H](OCC(=O)O)[C@H]2O)[C@@H](O)C(O)[C@@H]1O. The molecule has 0 amide bonds. The fraction of sp³-hybridized carbons (Fsp3) is 0.944. The van der Waals surface area contributed by atoms with E-state index < -0.39 is 80.2 Å². The van der Waals surface area contributed by atoms with Gasteiger partial charge in [0.15, 0.2) is 0 Å². The van der Waals surface area contributed by atoms with Crippen LogP contribution in [0, 0.1) is 0 Å². The second-order valence-electron chi connectivity index (χ2n) is 7.68.